The number of nitrogens with one attached hydrogen (secondary N) is 1. The summed E-state index contributed by atoms with van der Waals surface area (Å²) >= 11 is 1.41. The standard InChI is InChI=1S/C16H11N3OS/c20-16-15-12(6-8-21-15)18-13(19-16)9-11-4-1-3-10-5-2-7-17-14(10)11/h1-8H,9H2,(H,18,19,20). The summed E-state index contributed by atoms with van der Waals surface area (Å²) in [6, 6.07) is 11.9. The molecule has 102 valence electrons. The number of pyridine rings is 1. The molecule has 0 amide bonds. The molecule has 3 aromatic heterocycles. The van der Waals surface area contributed by atoms with Gasteiger partial charge in [-0.15, -0.1) is 11.3 Å². The molecule has 0 saturated carbocycles. The van der Waals surface area contributed by atoms with Gasteiger partial charge in [0.05, 0.1) is 11.0 Å². The van der Waals surface area contributed by atoms with Gasteiger partial charge in [0.15, 0.2) is 0 Å². The highest BCUT2D eigenvalue weighted by atomic mass is 32.1. The molecule has 4 rings (SSSR count). The lowest BCUT2D eigenvalue weighted by Crippen LogP contribution is -2.10. The monoisotopic (exact) mass is 293 g/mol. The number of para-hydroxylation sites is 1. The van der Waals surface area contributed by atoms with Gasteiger partial charge >= 0.3 is 0 Å². The van der Waals surface area contributed by atoms with Gasteiger partial charge in [-0.05, 0) is 23.1 Å². The minimum atomic E-state index is -0.0711. The van der Waals surface area contributed by atoms with Gasteiger partial charge in [-0.25, -0.2) is 4.98 Å². The number of H-pyrrole nitrogens is 1. The lowest BCUT2D eigenvalue weighted by molar-refractivity contribution is 0.979. The Hall–Kier alpha value is -2.53. The van der Waals surface area contributed by atoms with Crippen molar-refractivity contribution in [2.24, 2.45) is 0 Å². The van der Waals surface area contributed by atoms with Crippen molar-refractivity contribution in [3.63, 3.8) is 0 Å². The van der Waals surface area contributed by atoms with Crippen LogP contribution in [0.15, 0.2) is 52.8 Å². The van der Waals surface area contributed by atoms with Crippen LogP contribution < -0.4 is 5.56 Å². The van der Waals surface area contributed by atoms with Crippen molar-refractivity contribution in [3.05, 3.63) is 69.7 Å². The quantitative estimate of drug-likeness (QED) is 0.617. The van der Waals surface area contributed by atoms with Crippen molar-refractivity contribution >= 4 is 32.5 Å². The maximum absolute atomic E-state index is 12.0. The number of hydrogen-bond acceptors (Lipinski definition) is 4. The molecule has 0 fully saturated rings. The maximum atomic E-state index is 12.0. The van der Waals surface area contributed by atoms with Crippen LogP contribution in [0.2, 0.25) is 0 Å². The van der Waals surface area contributed by atoms with E-state index in [2.05, 4.69) is 15.0 Å². The van der Waals surface area contributed by atoms with E-state index in [1.54, 1.807) is 6.20 Å². The van der Waals surface area contributed by atoms with Gasteiger partial charge < -0.3 is 4.98 Å². The number of thiophene rings is 1. The van der Waals surface area contributed by atoms with E-state index in [1.807, 2.05) is 41.8 Å². The lowest BCUT2D eigenvalue weighted by Gasteiger charge is -2.05. The van der Waals surface area contributed by atoms with Crippen LogP contribution in [0.1, 0.15) is 11.4 Å². The summed E-state index contributed by atoms with van der Waals surface area (Å²) in [5.74, 6) is 0.670. The Balaban J connectivity index is 1.84. The van der Waals surface area contributed by atoms with Crippen molar-refractivity contribution in [2.75, 3.05) is 0 Å². The molecule has 0 unspecified atom stereocenters. The highest BCUT2D eigenvalue weighted by Crippen LogP contribution is 2.19. The average molecular weight is 293 g/mol. The summed E-state index contributed by atoms with van der Waals surface area (Å²) in [6.45, 7) is 0. The molecule has 0 bridgehead atoms. The minimum absolute atomic E-state index is 0.0711. The van der Waals surface area contributed by atoms with E-state index in [1.165, 1.54) is 11.3 Å². The number of nitrogens with zero attached hydrogens (tertiary/aromatic N) is 2. The second-order valence-electron chi connectivity index (χ2n) is 4.82. The zero-order valence-electron chi connectivity index (χ0n) is 11.0. The normalized spacial score (nSPS) is 11.2. The van der Waals surface area contributed by atoms with Gasteiger partial charge in [-0.3, -0.25) is 9.78 Å². The van der Waals surface area contributed by atoms with E-state index >= 15 is 0 Å². The number of aromatic amines is 1. The van der Waals surface area contributed by atoms with Gasteiger partial charge in [-0.2, -0.15) is 0 Å². The number of fused-ring (bicyclic) bond motifs is 2. The molecule has 0 atom stereocenters. The first-order chi connectivity index (χ1) is 10.3. The molecule has 0 spiro atoms. The lowest BCUT2D eigenvalue weighted by atomic mass is 10.1. The van der Waals surface area contributed by atoms with E-state index < -0.39 is 0 Å². The second kappa shape index (κ2) is 4.79. The first-order valence-electron chi connectivity index (χ1n) is 6.60. The van der Waals surface area contributed by atoms with Crippen molar-refractivity contribution in [1.29, 1.82) is 0 Å². The Morgan fingerprint density at radius 3 is 3.00 bits per heavy atom. The minimum Gasteiger partial charge on any atom is -0.309 e. The fraction of sp³-hybridized carbons (Fsp3) is 0.0625. The predicted octanol–water partition coefficient (Wildman–Crippen LogP) is 3.12. The van der Waals surface area contributed by atoms with E-state index in [0.717, 1.165) is 22.0 Å². The molecule has 1 N–H and O–H groups in total. The molecule has 0 aliphatic carbocycles. The molecule has 4 aromatic rings. The Morgan fingerprint density at radius 2 is 2.05 bits per heavy atom. The molecular formula is C16H11N3OS. The molecule has 4 nitrogen and oxygen atoms in total. The number of rotatable bonds is 2. The van der Waals surface area contributed by atoms with Crippen LogP contribution in [0, 0.1) is 0 Å². The van der Waals surface area contributed by atoms with E-state index in [9.17, 15) is 4.79 Å². The largest absolute Gasteiger partial charge is 0.309 e. The van der Waals surface area contributed by atoms with Crippen LogP contribution in [0.4, 0.5) is 0 Å². The van der Waals surface area contributed by atoms with Gasteiger partial charge in [0.25, 0.3) is 5.56 Å². The summed E-state index contributed by atoms with van der Waals surface area (Å²) in [4.78, 5) is 23.8. The van der Waals surface area contributed by atoms with Crippen LogP contribution in [0.5, 0.6) is 0 Å². The van der Waals surface area contributed by atoms with E-state index in [4.69, 9.17) is 0 Å². The van der Waals surface area contributed by atoms with E-state index in [0.29, 0.717) is 16.9 Å². The van der Waals surface area contributed by atoms with Crippen LogP contribution in [0.25, 0.3) is 21.1 Å². The van der Waals surface area contributed by atoms with E-state index in [-0.39, 0.29) is 5.56 Å². The topological polar surface area (TPSA) is 58.6 Å². The molecule has 0 radical (unpaired) electrons. The number of benzene rings is 1. The summed E-state index contributed by atoms with van der Waals surface area (Å²) in [5, 5.41) is 2.98. The zero-order valence-corrected chi connectivity index (χ0v) is 11.9. The van der Waals surface area contributed by atoms with Crippen molar-refractivity contribution in [2.45, 2.75) is 6.42 Å². The maximum Gasteiger partial charge on any atom is 0.268 e. The molecule has 1 aromatic carbocycles. The van der Waals surface area contributed by atoms with Gasteiger partial charge in [0, 0.05) is 18.0 Å². The molecule has 21 heavy (non-hydrogen) atoms. The summed E-state index contributed by atoms with van der Waals surface area (Å²) < 4.78 is 0.676. The Kier molecular flexibility index (Phi) is 2.79. The smallest absolute Gasteiger partial charge is 0.268 e. The molecule has 0 aliphatic rings. The Bertz CT molecular complexity index is 998. The van der Waals surface area contributed by atoms with Crippen molar-refractivity contribution in [1.82, 2.24) is 15.0 Å². The summed E-state index contributed by atoms with van der Waals surface area (Å²) in [7, 11) is 0. The SMILES string of the molecule is O=c1[nH]c(Cc2cccc3cccnc23)nc2ccsc12. The van der Waals surface area contributed by atoms with Gasteiger partial charge in [0.1, 0.15) is 10.5 Å². The molecule has 0 saturated heterocycles. The highest BCUT2D eigenvalue weighted by Gasteiger charge is 2.08. The number of aromatic nitrogens is 3. The Morgan fingerprint density at radius 1 is 1.14 bits per heavy atom. The van der Waals surface area contributed by atoms with Crippen LogP contribution in [0.3, 0.4) is 0 Å². The van der Waals surface area contributed by atoms with Crippen molar-refractivity contribution in [3.8, 4) is 0 Å². The molecule has 0 aliphatic heterocycles. The Labute approximate surface area is 124 Å². The van der Waals surface area contributed by atoms with Crippen LogP contribution in [-0.4, -0.2) is 15.0 Å². The van der Waals surface area contributed by atoms with Crippen LogP contribution >= 0.6 is 11.3 Å². The third kappa shape index (κ3) is 2.11. The van der Waals surface area contributed by atoms with Gasteiger partial charge in [-0.1, -0.05) is 24.3 Å². The van der Waals surface area contributed by atoms with Gasteiger partial charge in [0.2, 0.25) is 0 Å². The second-order valence-corrected chi connectivity index (χ2v) is 5.73. The van der Waals surface area contributed by atoms with Crippen LogP contribution in [-0.2, 0) is 6.42 Å². The third-order valence-electron chi connectivity index (χ3n) is 3.44. The first-order valence-corrected chi connectivity index (χ1v) is 7.48. The first kappa shape index (κ1) is 12.2. The summed E-state index contributed by atoms with van der Waals surface area (Å²) in [5.41, 5.74) is 2.70. The predicted molar refractivity (Wildman–Crippen MR) is 84.8 cm³/mol. The fourth-order valence-electron chi connectivity index (χ4n) is 2.50. The third-order valence-corrected chi connectivity index (χ3v) is 4.34. The molecular weight excluding hydrogens is 282 g/mol. The average Bonchev–Trinajstić information content (AvgIpc) is 2.97. The molecule has 5 heteroatoms. The van der Waals surface area contributed by atoms with Crippen molar-refractivity contribution < 1.29 is 0 Å². The summed E-state index contributed by atoms with van der Waals surface area (Å²) in [6.07, 6.45) is 2.35. The molecule has 3 heterocycles. The number of hydrogen-bond donors (Lipinski definition) is 1. The fourth-order valence-corrected chi connectivity index (χ4v) is 3.22. The zero-order chi connectivity index (χ0) is 14.2. The highest BCUT2D eigenvalue weighted by molar-refractivity contribution is 7.17.